The van der Waals surface area contributed by atoms with Crippen molar-refractivity contribution < 1.29 is 14.3 Å². The molecular weight excluding hydrogens is 340 g/mol. The summed E-state index contributed by atoms with van der Waals surface area (Å²) >= 11 is 0. The van der Waals surface area contributed by atoms with E-state index in [0.717, 1.165) is 32.4 Å². The number of piperidine rings is 1. The number of nitrogens with one attached hydrogen (secondary N) is 1. The molecule has 2 amide bonds. The summed E-state index contributed by atoms with van der Waals surface area (Å²) in [7, 11) is 0. The second-order valence-corrected chi connectivity index (χ2v) is 6.48. The highest BCUT2D eigenvalue weighted by Gasteiger charge is 2.21. The Bertz CT molecular complexity index is 809. The van der Waals surface area contributed by atoms with Crippen LogP contribution >= 0.6 is 0 Å². The van der Waals surface area contributed by atoms with Crippen LogP contribution in [0.5, 0.6) is 5.75 Å². The highest BCUT2D eigenvalue weighted by molar-refractivity contribution is 6.09. The van der Waals surface area contributed by atoms with E-state index in [1.165, 1.54) is 0 Å². The summed E-state index contributed by atoms with van der Waals surface area (Å²) in [6, 6.07) is 14.0. The molecule has 2 aromatic carbocycles. The average molecular weight is 364 g/mol. The van der Waals surface area contributed by atoms with Gasteiger partial charge < -0.3 is 15.0 Å². The van der Waals surface area contributed by atoms with Crippen LogP contribution in [0.1, 0.15) is 40.0 Å². The lowest BCUT2D eigenvalue weighted by atomic mass is 10.1. The number of rotatable bonds is 6. The van der Waals surface area contributed by atoms with Crippen LogP contribution in [0, 0.1) is 0 Å². The summed E-state index contributed by atoms with van der Waals surface area (Å²) in [5.74, 6) is 0.384. The van der Waals surface area contributed by atoms with Gasteiger partial charge in [-0.3, -0.25) is 9.59 Å². The van der Waals surface area contributed by atoms with Crippen molar-refractivity contribution >= 4 is 17.5 Å². The molecule has 1 heterocycles. The fraction of sp³-hybridized carbons (Fsp3) is 0.273. The summed E-state index contributed by atoms with van der Waals surface area (Å²) in [5, 5.41) is 2.87. The summed E-state index contributed by atoms with van der Waals surface area (Å²) in [6.45, 7) is 5.56. The standard InChI is InChI=1S/C22H24N2O3/c1-2-16-27-18-12-10-17(11-13-18)21(25)23-20-9-5-4-8-19(20)22(26)24-14-6-3-7-15-24/h2,4-5,8-13H,1,3,6-7,14-16H2,(H,23,25). The van der Waals surface area contributed by atoms with Crippen LogP contribution in [0.3, 0.4) is 0 Å². The zero-order valence-corrected chi connectivity index (χ0v) is 15.3. The smallest absolute Gasteiger partial charge is 0.255 e. The Morgan fingerprint density at radius 1 is 1.04 bits per heavy atom. The molecule has 3 rings (SSSR count). The minimum absolute atomic E-state index is 0.0289. The molecule has 1 saturated heterocycles. The molecule has 0 saturated carbocycles. The molecule has 0 bridgehead atoms. The third kappa shape index (κ3) is 4.76. The number of benzene rings is 2. The second-order valence-electron chi connectivity index (χ2n) is 6.48. The Hall–Kier alpha value is -3.08. The summed E-state index contributed by atoms with van der Waals surface area (Å²) in [4.78, 5) is 27.3. The van der Waals surface area contributed by atoms with Gasteiger partial charge in [-0.1, -0.05) is 24.8 Å². The van der Waals surface area contributed by atoms with Crippen molar-refractivity contribution in [1.29, 1.82) is 0 Å². The first-order chi connectivity index (χ1) is 13.2. The normalized spacial score (nSPS) is 13.7. The van der Waals surface area contributed by atoms with E-state index < -0.39 is 0 Å². The molecule has 0 aromatic heterocycles. The number of ether oxygens (including phenoxy) is 1. The first kappa shape index (κ1) is 18.7. The Kier molecular flexibility index (Phi) is 6.26. The highest BCUT2D eigenvalue weighted by Crippen LogP contribution is 2.21. The summed E-state index contributed by atoms with van der Waals surface area (Å²) < 4.78 is 5.43. The maximum atomic E-state index is 12.8. The van der Waals surface area contributed by atoms with Crippen LogP contribution in [-0.2, 0) is 0 Å². The average Bonchev–Trinajstić information content (AvgIpc) is 2.73. The first-order valence-electron chi connectivity index (χ1n) is 9.22. The van der Waals surface area contributed by atoms with Crippen molar-refractivity contribution in [2.45, 2.75) is 19.3 Å². The molecule has 0 aliphatic carbocycles. The Morgan fingerprint density at radius 3 is 2.44 bits per heavy atom. The van der Waals surface area contributed by atoms with E-state index in [2.05, 4.69) is 11.9 Å². The molecule has 27 heavy (non-hydrogen) atoms. The number of para-hydroxylation sites is 1. The van der Waals surface area contributed by atoms with Crippen molar-refractivity contribution in [3.63, 3.8) is 0 Å². The van der Waals surface area contributed by atoms with Gasteiger partial charge in [0.1, 0.15) is 12.4 Å². The van der Waals surface area contributed by atoms with E-state index in [4.69, 9.17) is 4.74 Å². The maximum Gasteiger partial charge on any atom is 0.255 e. The van der Waals surface area contributed by atoms with Crippen LogP contribution in [0.15, 0.2) is 61.2 Å². The lowest BCUT2D eigenvalue weighted by Crippen LogP contribution is -2.36. The molecule has 1 aliphatic heterocycles. The molecule has 1 fully saturated rings. The van der Waals surface area contributed by atoms with Gasteiger partial charge >= 0.3 is 0 Å². The molecule has 140 valence electrons. The van der Waals surface area contributed by atoms with Crippen LogP contribution in [-0.4, -0.2) is 36.4 Å². The first-order valence-corrected chi connectivity index (χ1v) is 9.22. The third-order valence-electron chi connectivity index (χ3n) is 4.53. The fourth-order valence-corrected chi connectivity index (χ4v) is 3.10. The number of hydrogen-bond donors (Lipinski definition) is 1. The number of anilines is 1. The Balaban J connectivity index is 1.72. The predicted octanol–water partition coefficient (Wildman–Crippen LogP) is 4.13. The molecule has 1 aliphatic rings. The lowest BCUT2D eigenvalue weighted by Gasteiger charge is -2.27. The van der Waals surface area contributed by atoms with Gasteiger partial charge in [-0.25, -0.2) is 0 Å². The molecule has 0 radical (unpaired) electrons. The van der Waals surface area contributed by atoms with Crippen molar-refractivity contribution in [3.05, 3.63) is 72.3 Å². The molecule has 5 heteroatoms. The minimum Gasteiger partial charge on any atom is -0.490 e. The van der Waals surface area contributed by atoms with E-state index in [9.17, 15) is 9.59 Å². The number of amides is 2. The van der Waals surface area contributed by atoms with E-state index in [1.807, 2.05) is 17.0 Å². The number of carbonyl (C=O) groups excluding carboxylic acids is 2. The topological polar surface area (TPSA) is 58.6 Å². The van der Waals surface area contributed by atoms with Crippen LogP contribution in [0.2, 0.25) is 0 Å². The van der Waals surface area contributed by atoms with Gasteiger partial charge in [0.2, 0.25) is 0 Å². The lowest BCUT2D eigenvalue weighted by molar-refractivity contribution is 0.0725. The zero-order valence-electron chi connectivity index (χ0n) is 15.3. The maximum absolute atomic E-state index is 12.8. The number of nitrogens with zero attached hydrogens (tertiary/aromatic N) is 1. The number of carbonyl (C=O) groups is 2. The monoisotopic (exact) mass is 364 g/mol. The van der Waals surface area contributed by atoms with Crippen molar-refractivity contribution in [3.8, 4) is 5.75 Å². The molecule has 5 nitrogen and oxygen atoms in total. The Morgan fingerprint density at radius 2 is 1.74 bits per heavy atom. The SMILES string of the molecule is C=CCOc1ccc(C(=O)Nc2ccccc2C(=O)N2CCCCC2)cc1. The van der Waals surface area contributed by atoms with Crippen LogP contribution in [0.25, 0.3) is 0 Å². The van der Waals surface area contributed by atoms with Gasteiger partial charge in [0, 0.05) is 18.7 Å². The summed E-state index contributed by atoms with van der Waals surface area (Å²) in [5.41, 5.74) is 1.56. The predicted molar refractivity (Wildman–Crippen MR) is 106 cm³/mol. The molecule has 0 unspecified atom stereocenters. The molecule has 2 aromatic rings. The van der Waals surface area contributed by atoms with Gasteiger partial charge in [-0.15, -0.1) is 0 Å². The van der Waals surface area contributed by atoms with Gasteiger partial charge in [-0.05, 0) is 55.7 Å². The number of hydrogen-bond acceptors (Lipinski definition) is 3. The van der Waals surface area contributed by atoms with Crippen molar-refractivity contribution in [2.24, 2.45) is 0 Å². The van der Waals surface area contributed by atoms with E-state index in [1.54, 1.807) is 42.5 Å². The minimum atomic E-state index is -0.260. The van der Waals surface area contributed by atoms with Crippen molar-refractivity contribution in [2.75, 3.05) is 25.0 Å². The second kappa shape index (κ2) is 9.03. The quantitative estimate of drug-likeness (QED) is 0.784. The van der Waals surface area contributed by atoms with Crippen LogP contribution < -0.4 is 10.1 Å². The van der Waals surface area contributed by atoms with Gasteiger partial charge in [0.05, 0.1) is 11.3 Å². The van der Waals surface area contributed by atoms with Crippen LogP contribution in [0.4, 0.5) is 5.69 Å². The van der Waals surface area contributed by atoms with Crippen molar-refractivity contribution in [1.82, 2.24) is 4.90 Å². The number of likely N-dealkylation sites (tertiary alicyclic amines) is 1. The third-order valence-corrected chi connectivity index (χ3v) is 4.53. The van der Waals surface area contributed by atoms with Gasteiger partial charge in [0.15, 0.2) is 0 Å². The highest BCUT2D eigenvalue weighted by atomic mass is 16.5. The van der Waals surface area contributed by atoms with Gasteiger partial charge in [-0.2, -0.15) is 0 Å². The van der Waals surface area contributed by atoms with Gasteiger partial charge in [0.25, 0.3) is 11.8 Å². The molecule has 1 N–H and O–H groups in total. The largest absolute Gasteiger partial charge is 0.490 e. The van der Waals surface area contributed by atoms with E-state index in [-0.39, 0.29) is 11.8 Å². The Labute approximate surface area is 159 Å². The fourth-order valence-electron chi connectivity index (χ4n) is 3.10. The molecular formula is C22H24N2O3. The zero-order chi connectivity index (χ0) is 19.1. The molecule has 0 atom stereocenters. The van der Waals surface area contributed by atoms with E-state index >= 15 is 0 Å². The molecule has 0 spiro atoms. The summed E-state index contributed by atoms with van der Waals surface area (Å²) in [6.07, 6.45) is 4.88. The van der Waals surface area contributed by atoms with E-state index in [0.29, 0.717) is 29.2 Å².